The maximum atomic E-state index is 12.2. The van der Waals surface area contributed by atoms with Crippen LogP contribution in [-0.4, -0.2) is 49.7 Å². The first-order valence-electron chi connectivity index (χ1n) is 6.29. The molecule has 1 atom stereocenters. The van der Waals surface area contributed by atoms with Crippen LogP contribution in [0.25, 0.3) is 0 Å². The maximum absolute atomic E-state index is 12.2. The number of amides is 1. The zero-order valence-corrected chi connectivity index (χ0v) is 12.8. The van der Waals surface area contributed by atoms with Gasteiger partial charge in [-0.15, -0.1) is 0 Å². The molecule has 1 rings (SSSR count). The van der Waals surface area contributed by atoms with Crippen molar-refractivity contribution >= 4 is 16.2 Å². The zero-order valence-electron chi connectivity index (χ0n) is 11.9. The zero-order chi connectivity index (χ0) is 16.5. The van der Waals surface area contributed by atoms with Crippen LogP contribution in [0.15, 0.2) is 0 Å². The molecule has 1 aliphatic heterocycles. The Balaban J connectivity index is 2.65. The molecule has 1 fully saturated rings. The number of carbonyl (C=O) groups is 1. The number of hydrogen-bond acceptors (Lipinski definition) is 5. The predicted molar refractivity (Wildman–Crippen MR) is 66.9 cm³/mol. The van der Waals surface area contributed by atoms with Crippen LogP contribution < -0.4 is 0 Å². The molecule has 0 aromatic heterocycles. The van der Waals surface area contributed by atoms with Crippen molar-refractivity contribution in [1.29, 1.82) is 0 Å². The average Bonchev–Trinajstić information content (AvgIpc) is 2.70. The first-order valence-corrected chi connectivity index (χ1v) is 7.69. The van der Waals surface area contributed by atoms with Crippen molar-refractivity contribution in [3.63, 3.8) is 0 Å². The molecule has 1 amide bonds. The predicted octanol–water partition coefficient (Wildman–Crippen LogP) is 2.25. The Bertz CT molecular complexity index is 483. The Morgan fingerprint density at radius 2 is 1.86 bits per heavy atom. The largest absolute Gasteiger partial charge is 0.523 e. The minimum Gasteiger partial charge on any atom is -0.444 e. The second-order valence-corrected chi connectivity index (χ2v) is 7.26. The molecule has 21 heavy (non-hydrogen) atoms. The Labute approximate surface area is 121 Å². The van der Waals surface area contributed by atoms with E-state index in [1.165, 1.54) is 4.90 Å². The van der Waals surface area contributed by atoms with Crippen molar-refractivity contribution in [2.45, 2.75) is 50.8 Å². The van der Waals surface area contributed by atoms with E-state index in [1.807, 2.05) is 0 Å². The monoisotopic (exact) mass is 333 g/mol. The Kier molecular flexibility index (Phi) is 5.14. The highest BCUT2D eigenvalue weighted by Gasteiger charge is 2.48. The van der Waals surface area contributed by atoms with Crippen LogP contribution in [0.3, 0.4) is 0 Å². The number of likely N-dealkylation sites (tertiary alicyclic amines) is 1. The van der Waals surface area contributed by atoms with Crippen molar-refractivity contribution < 1.29 is 35.3 Å². The third-order valence-corrected chi connectivity index (χ3v) is 3.72. The summed E-state index contributed by atoms with van der Waals surface area (Å²) < 4.78 is 67.3. The summed E-state index contributed by atoms with van der Waals surface area (Å²) in [4.78, 5) is 13.1. The standard InChI is InChI=1S/C11H18F3NO5S/c1-10(2,3)20-9(16)15-6-4-5-8(15)7-19-21(17,18)11(12,13)14/h8H,4-7H2,1-3H3. The highest BCUT2D eigenvalue weighted by molar-refractivity contribution is 7.87. The van der Waals surface area contributed by atoms with Gasteiger partial charge in [-0.05, 0) is 33.6 Å². The number of rotatable bonds is 3. The molecule has 0 radical (unpaired) electrons. The molecule has 1 saturated heterocycles. The Morgan fingerprint density at radius 3 is 2.33 bits per heavy atom. The van der Waals surface area contributed by atoms with Crippen LogP contribution in [0.2, 0.25) is 0 Å². The van der Waals surface area contributed by atoms with E-state index < -0.39 is 40.0 Å². The number of nitrogens with zero attached hydrogens (tertiary/aromatic N) is 1. The van der Waals surface area contributed by atoms with Crippen molar-refractivity contribution in [2.24, 2.45) is 0 Å². The van der Waals surface area contributed by atoms with E-state index in [1.54, 1.807) is 20.8 Å². The molecule has 6 nitrogen and oxygen atoms in total. The lowest BCUT2D eigenvalue weighted by Gasteiger charge is -2.28. The third-order valence-electron chi connectivity index (χ3n) is 2.70. The van der Waals surface area contributed by atoms with Gasteiger partial charge in [0, 0.05) is 6.54 Å². The number of halogens is 3. The van der Waals surface area contributed by atoms with Crippen LogP contribution in [0, 0.1) is 0 Å². The Hall–Kier alpha value is -1.03. The molecule has 0 aromatic carbocycles. The van der Waals surface area contributed by atoms with Crippen LogP contribution >= 0.6 is 0 Å². The van der Waals surface area contributed by atoms with Crippen molar-refractivity contribution in [1.82, 2.24) is 4.90 Å². The second-order valence-electron chi connectivity index (χ2n) is 5.65. The summed E-state index contributed by atoms with van der Waals surface area (Å²) in [5.74, 6) is 0. The van der Waals surface area contributed by atoms with E-state index in [0.29, 0.717) is 12.8 Å². The van der Waals surface area contributed by atoms with Gasteiger partial charge in [-0.25, -0.2) is 4.79 Å². The summed E-state index contributed by atoms with van der Waals surface area (Å²) in [5.41, 5.74) is -6.22. The molecule has 0 spiro atoms. The molecule has 124 valence electrons. The number of ether oxygens (including phenoxy) is 1. The average molecular weight is 333 g/mol. The summed E-state index contributed by atoms with van der Waals surface area (Å²) >= 11 is 0. The summed E-state index contributed by atoms with van der Waals surface area (Å²) in [6, 6.07) is -0.753. The summed E-state index contributed by atoms with van der Waals surface area (Å²) in [7, 11) is -5.65. The van der Waals surface area contributed by atoms with Gasteiger partial charge in [0.25, 0.3) is 0 Å². The highest BCUT2D eigenvalue weighted by Crippen LogP contribution is 2.27. The molecule has 10 heteroatoms. The van der Waals surface area contributed by atoms with E-state index in [-0.39, 0.29) is 6.54 Å². The second kappa shape index (κ2) is 5.99. The molecule has 0 saturated carbocycles. The van der Waals surface area contributed by atoms with Gasteiger partial charge in [0.15, 0.2) is 0 Å². The Morgan fingerprint density at radius 1 is 1.29 bits per heavy atom. The molecule has 1 aliphatic rings. The summed E-state index contributed by atoms with van der Waals surface area (Å²) in [6.45, 7) is 4.51. The van der Waals surface area contributed by atoms with Gasteiger partial charge < -0.3 is 9.64 Å². The number of carbonyl (C=O) groups excluding carboxylic acids is 1. The lowest BCUT2D eigenvalue weighted by molar-refractivity contribution is -0.0553. The fraction of sp³-hybridized carbons (Fsp3) is 0.909. The van der Waals surface area contributed by atoms with E-state index in [0.717, 1.165) is 0 Å². The quantitative estimate of drug-likeness (QED) is 0.585. The van der Waals surface area contributed by atoms with Crippen LogP contribution in [0.4, 0.5) is 18.0 Å². The molecule has 0 aromatic rings. The fourth-order valence-corrected chi connectivity index (χ4v) is 2.27. The summed E-state index contributed by atoms with van der Waals surface area (Å²) in [6.07, 6.45) is 0.199. The molecule has 1 heterocycles. The molecule has 0 aliphatic carbocycles. The molecule has 1 unspecified atom stereocenters. The van der Waals surface area contributed by atoms with Crippen LogP contribution in [0.1, 0.15) is 33.6 Å². The highest BCUT2D eigenvalue weighted by atomic mass is 32.2. The molecule has 0 bridgehead atoms. The first-order chi connectivity index (χ1) is 9.33. The van der Waals surface area contributed by atoms with Gasteiger partial charge in [-0.1, -0.05) is 0 Å². The summed E-state index contributed by atoms with van der Waals surface area (Å²) in [5, 5.41) is 0. The van der Waals surface area contributed by atoms with Crippen LogP contribution in [-0.2, 0) is 19.0 Å². The molecular formula is C11H18F3NO5S. The van der Waals surface area contributed by atoms with Gasteiger partial charge in [0.1, 0.15) is 5.60 Å². The lowest BCUT2D eigenvalue weighted by atomic mass is 10.2. The van der Waals surface area contributed by atoms with E-state index in [2.05, 4.69) is 4.18 Å². The van der Waals surface area contributed by atoms with E-state index >= 15 is 0 Å². The van der Waals surface area contributed by atoms with Crippen molar-refractivity contribution in [3.8, 4) is 0 Å². The topological polar surface area (TPSA) is 72.9 Å². The number of hydrogen-bond donors (Lipinski definition) is 0. The van der Waals surface area contributed by atoms with Crippen molar-refractivity contribution in [3.05, 3.63) is 0 Å². The number of alkyl halides is 3. The van der Waals surface area contributed by atoms with E-state index in [4.69, 9.17) is 4.74 Å². The van der Waals surface area contributed by atoms with Gasteiger partial charge in [0.2, 0.25) is 0 Å². The van der Waals surface area contributed by atoms with E-state index in [9.17, 15) is 26.4 Å². The molecular weight excluding hydrogens is 315 g/mol. The fourth-order valence-electron chi connectivity index (χ4n) is 1.80. The van der Waals surface area contributed by atoms with Gasteiger partial charge in [-0.3, -0.25) is 4.18 Å². The normalized spacial score (nSPS) is 20.7. The minimum absolute atomic E-state index is 0.287. The molecule has 0 N–H and O–H groups in total. The van der Waals surface area contributed by atoms with Crippen LogP contribution in [0.5, 0.6) is 0 Å². The lowest BCUT2D eigenvalue weighted by Crippen LogP contribution is -2.42. The van der Waals surface area contributed by atoms with Gasteiger partial charge in [0.05, 0.1) is 12.6 Å². The van der Waals surface area contributed by atoms with Gasteiger partial charge in [-0.2, -0.15) is 21.6 Å². The van der Waals surface area contributed by atoms with Crippen molar-refractivity contribution in [2.75, 3.05) is 13.2 Å². The maximum Gasteiger partial charge on any atom is 0.523 e. The first kappa shape index (κ1) is 18.0. The van der Waals surface area contributed by atoms with Gasteiger partial charge >= 0.3 is 21.7 Å². The third kappa shape index (κ3) is 5.03. The minimum atomic E-state index is -5.65. The smallest absolute Gasteiger partial charge is 0.444 e. The SMILES string of the molecule is CC(C)(C)OC(=O)N1CCCC1COS(=O)(=O)C(F)(F)F.